The van der Waals surface area contributed by atoms with Gasteiger partial charge < -0.3 is 9.84 Å². The van der Waals surface area contributed by atoms with Crippen LogP contribution in [0.25, 0.3) is 11.3 Å². The Labute approximate surface area is 166 Å². The second kappa shape index (κ2) is 8.00. The Kier molecular flexibility index (Phi) is 5.67. The summed E-state index contributed by atoms with van der Waals surface area (Å²) in [5.74, 6) is 0.831. The molecule has 0 saturated carbocycles. The summed E-state index contributed by atoms with van der Waals surface area (Å²) in [7, 11) is 1.58. The summed E-state index contributed by atoms with van der Waals surface area (Å²) in [6, 6.07) is 8.71. The minimum atomic E-state index is -0.657. The van der Waals surface area contributed by atoms with Crippen LogP contribution in [0.3, 0.4) is 0 Å². The van der Waals surface area contributed by atoms with Gasteiger partial charge >= 0.3 is 5.69 Å². The Morgan fingerprint density at radius 1 is 1.25 bits per heavy atom. The third-order valence-corrected chi connectivity index (χ3v) is 4.82. The zero-order valence-corrected chi connectivity index (χ0v) is 16.5. The van der Waals surface area contributed by atoms with Crippen LogP contribution in [-0.2, 0) is 20.2 Å². The first-order valence-electron chi connectivity index (χ1n) is 8.72. The van der Waals surface area contributed by atoms with Crippen molar-refractivity contribution in [1.29, 1.82) is 0 Å². The van der Waals surface area contributed by atoms with Crippen LogP contribution in [0.5, 0.6) is 11.6 Å². The van der Waals surface area contributed by atoms with Crippen molar-refractivity contribution in [1.82, 2.24) is 14.1 Å². The minimum Gasteiger partial charge on any atom is -0.438 e. The molecule has 0 spiro atoms. The zero-order valence-electron chi connectivity index (χ0n) is 15.8. The molecule has 2 heterocycles. The number of aliphatic hydroxyl groups is 1. The molecule has 0 atom stereocenters. The number of aromatic nitrogens is 3. The van der Waals surface area contributed by atoms with Gasteiger partial charge in [0.1, 0.15) is 17.5 Å². The van der Waals surface area contributed by atoms with E-state index in [9.17, 15) is 14.7 Å². The van der Waals surface area contributed by atoms with Crippen LogP contribution in [-0.4, -0.2) is 19.2 Å². The number of hydrogen-bond acceptors (Lipinski definition) is 5. The van der Waals surface area contributed by atoms with Gasteiger partial charge in [-0.2, -0.15) is 0 Å². The van der Waals surface area contributed by atoms with Crippen LogP contribution in [0, 0.1) is 6.92 Å². The molecule has 2 aromatic heterocycles. The van der Waals surface area contributed by atoms with Gasteiger partial charge in [-0.05, 0) is 49.2 Å². The maximum Gasteiger partial charge on any atom is 0.333 e. The number of halogens is 1. The van der Waals surface area contributed by atoms with E-state index in [1.165, 1.54) is 4.57 Å². The highest BCUT2D eigenvalue weighted by Crippen LogP contribution is 2.31. The molecule has 146 valence electrons. The van der Waals surface area contributed by atoms with Gasteiger partial charge in [-0.1, -0.05) is 18.5 Å². The number of ether oxygens (including phenoxy) is 1. The molecule has 0 aliphatic carbocycles. The van der Waals surface area contributed by atoms with Crippen molar-refractivity contribution in [3.63, 3.8) is 0 Å². The Balaban J connectivity index is 2.12. The van der Waals surface area contributed by atoms with E-state index in [2.05, 4.69) is 4.98 Å². The molecular formula is C20H20ClN3O4. The number of aliphatic hydroxyl groups excluding tert-OH is 1. The normalized spacial score (nSPS) is 10.9. The topological polar surface area (TPSA) is 86.3 Å². The van der Waals surface area contributed by atoms with Crippen LogP contribution in [0.4, 0.5) is 0 Å². The molecule has 0 radical (unpaired) electrons. The van der Waals surface area contributed by atoms with Crippen molar-refractivity contribution < 1.29 is 9.84 Å². The molecular weight excluding hydrogens is 382 g/mol. The van der Waals surface area contributed by atoms with E-state index < -0.39 is 18.0 Å². The van der Waals surface area contributed by atoms with Crippen molar-refractivity contribution in [2.45, 2.75) is 27.0 Å². The third kappa shape index (κ3) is 3.46. The van der Waals surface area contributed by atoms with Gasteiger partial charge in [0.25, 0.3) is 5.56 Å². The van der Waals surface area contributed by atoms with Crippen molar-refractivity contribution in [3.8, 4) is 22.9 Å². The van der Waals surface area contributed by atoms with Crippen molar-refractivity contribution >= 4 is 11.6 Å². The first-order chi connectivity index (χ1) is 13.4. The molecule has 1 aromatic carbocycles. The average Bonchev–Trinajstić information content (AvgIpc) is 2.67. The molecule has 0 aliphatic rings. The Bertz CT molecular complexity index is 1150. The lowest BCUT2D eigenvalue weighted by atomic mass is 10.00. The Hall–Kier alpha value is -2.90. The summed E-state index contributed by atoms with van der Waals surface area (Å²) in [6.07, 6.45) is 2.01. The van der Waals surface area contributed by atoms with Crippen molar-refractivity contribution in [3.05, 3.63) is 73.5 Å². The van der Waals surface area contributed by atoms with Crippen LogP contribution < -0.4 is 16.0 Å². The fourth-order valence-corrected chi connectivity index (χ4v) is 3.30. The van der Waals surface area contributed by atoms with Crippen molar-refractivity contribution in [2.24, 2.45) is 7.05 Å². The molecule has 3 rings (SSSR count). The third-order valence-electron chi connectivity index (χ3n) is 4.53. The molecule has 0 amide bonds. The maximum atomic E-state index is 12.6. The number of benzene rings is 1. The highest BCUT2D eigenvalue weighted by Gasteiger charge is 2.19. The van der Waals surface area contributed by atoms with Gasteiger partial charge in [-0.3, -0.25) is 9.36 Å². The number of nitrogens with zero attached hydrogens (tertiary/aromatic N) is 3. The van der Waals surface area contributed by atoms with Gasteiger partial charge in [0, 0.05) is 24.4 Å². The van der Waals surface area contributed by atoms with Gasteiger partial charge in [0.2, 0.25) is 5.88 Å². The summed E-state index contributed by atoms with van der Waals surface area (Å²) in [5.41, 5.74) is 1.49. The van der Waals surface area contributed by atoms with E-state index >= 15 is 0 Å². The van der Waals surface area contributed by atoms with Crippen LogP contribution in [0.1, 0.15) is 18.1 Å². The molecule has 3 aromatic rings. The van der Waals surface area contributed by atoms with Crippen LogP contribution in [0.15, 0.2) is 46.1 Å². The van der Waals surface area contributed by atoms with E-state index in [0.29, 0.717) is 34.3 Å². The Morgan fingerprint density at radius 3 is 2.61 bits per heavy atom. The summed E-state index contributed by atoms with van der Waals surface area (Å²) >= 11 is 6.08. The molecule has 0 bridgehead atoms. The molecule has 0 saturated heterocycles. The van der Waals surface area contributed by atoms with Crippen LogP contribution in [0.2, 0.25) is 5.02 Å². The zero-order chi connectivity index (χ0) is 20.4. The van der Waals surface area contributed by atoms with Gasteiger partial charge in [0.15, 0.2) is 0 Å². The lowest BCUT2D eigenvalue weighted by Gasteiger charge is -2.17. The highest BCUT2D eigenvalue weighted by atomic mass is 35.5. The largest absolute Gasteiger partial charge is 0.438 e. The van der Waals surface area contributed by atoms with E-state index in [1.54, 1.807) is 43.6 Å². The SMILES string of the molecule is CCc1c(-c2ccc(Oc3ncccc3Cl)cc2C)n(C)c(=O)n(CO)c1=O. The summed E-state index contributed by atoms with van der Waals surface area (Å²) in [5, 5.41) is 9.77. The quantitative estimate of drug-likeness (QED) is 0.710. The smallest absolute Gasteiger partial charge is 0.333 e. The molecule has 7 nitrogen and oxygen atoms in total. The lowest BCUT2D eigenvalue weighted by Crippen LogP contribution is -2.41. The number of rotatable bonds is 5. The molecule has 1 N–H and O–H groups in total. The minimum absolute atomic E-state index is 0.295. The van der Waals surface area contributed by atoms with Gasteiger partial charge in [0.05, 0.1) is 5.69 Å². The van der Waals surface area contributed by atoms with E-state index in [0.717, 1.165) is 15.7 Å². The molecule has 28 heavy (non-hydrogen) atoms. The first-order valence-corrected chi connectivity index (χ1v) is 9.09. The number of hydrogen-bond donors (Lipinski definition) is 1. The highest BCUT2D eigenvalue weighted by molar-refractivity contribution is 6.31. The predicted octanol–water partition coefficient (Wildman–Crippen LogP) is 2.88. The molecule has 0 fully saturated rings. The monoisotopic (exact) mass is 401 g/mol. The van der Waals surface area contributed by atoms with E-state index in [4.69, 9.17) is 16.3 Å². The summed E-state index contributed by atoms with van der Waals surface area (Å²) in [4.78, 5) is 29.2. The Morgan fingerprint density at radius 2 is 2.00 bits per heavy atom. The van der Waals surface area contributed by atoms with Crippen molar-refractivity contribution in [2.75, 3.05) is 0 Å². The molecule has 0 unspecified atom stereocenters. The van der Waals surface area contributed by atoms with E-state index in [-0.39, 0.29) is 0 Å². The fraction of sp³-hybridized carbons (Fsp3) is 0.250. The average molecular weight is 402 g/mol. The fourth-order valence-electron chi connectivity index (χ4n) is 3.14. The standard InChI is InChI=1S/C20H20ClN3O4/c1-4-14-17(23(3)20(27)24(11-25)19(14)26)15-8-7-13(10-12(15)2)28-18-16(21)6-5-9-22-18/h5-10,25H,4,11H2,1-3H3. The molecule has 8 heteroatoms. The maximum absolute atomic E-state index is 12.6. The predicted molar refractivity (Wildman–Crippen MR) is 107 cm³/mol. The summed E-state index contributed by atoms with van der Waals surface area (Å²) in [6.45, 7) is 3.04. The summed E-state index contributed by atoms with van der Waals surface area (Å²) < 4.78 is 7.94. The molecule has 0 aliphatic heterocycles. The van der Waals surface area contributed by atoms with E-state index in [1.807, 2.05) is 13.8 Å². The first kappa shape index (κ1) is 19.9. The number of aryl methyl sites for hydroxylation is 1. The van der Waals surface area contributed by atoms with Gasteiger partial charge in [-0.25, -0.2) is 14.3 Å². The number of pyridine rings is 1. The second-order valence-corrected chi connectivity index (χ2v) is 6.67. The second-order valence-electron chi connectivity index (χ2n) is 6.27. The van der Waals surface area contributed by atoms with Crippen LogP contribution >= 0.6 is 11.6 Å². The van der Waals surface area contributed by atoms with Gasteiger partial charge in [-0.15, -0.1) is 0 Å². The lowest BCUT2D eigenvalue weighted by molar-refractivity contribution is 0.197.